The number of sulfone groups is 1. The quantitative estimate of drug-likeness (QED) is 0.918. The van der Waals surface area contributed by atoms with Crippen molar-refractivity contribution in [3.05, 3.63) is 28.8 Å². The molecule has 0 radical (unpaired) electrons. The van der Waals surface area contributed by atoms with Crippen LogP contribution in [0.25, 0.3) is 0 Å². The van der Waals surface area contributed by atoms with E-state index in [0.717, 1.165) is 11.8 Å². The van der Waals surface area contributed by atoms with Gasteiger partial charge in [0, 0.05) is 17.0 Å². The van der Waals surface area contributed by atoms with E-state index in [0.29, 0.717) is 10.7 Å². The molecule has 1 amide bonds. The number of benzene rings is 1. The monoisotopic (exact) mass is 275 g/mol. The van der Waals surface area contributed by atoms with Crippen LogP contribution in [-0.4, -0.2) is 25.8 Å². The van der Waals surface area contributed by atoms with E-state index in [1.165, 1.54) is 6.92 Å². The fourth-order valence-corrected chi connectivity index (χ4v) is 1.78. The molecule has 0 aromatic heterocycles. The summed E-state index contributed by atoms with van der Waals surface area (Å²) in [4.78, 5) is 11.7. The molecule has 1 N–H and O–H groups in total. The lowest BCUT2D eigenvalue weighted by molar-refractivity contribution is -0.115. The number of aryl methyl sites for hydroxylation is 1. The van der Waals surface area contributed by atoms with Crippen LogP contribution in [0, 0.1) is 6.92 Å². The van der Waals surface area contributed by atoms with Crippen LogP contribution in [-0.2, 0) is 14.6 Å². The Morgan fingerprint density at radius 3 is 2.53 bits per heavy atom. The first kappa shape index (κ1) is 14.0. The van der Waals surface area contributed by atoms with Gasteiger partial charge in [0.1, 0.15) is 5.25 Å². The highest BCUT2D eigenvalue weighted by atomic mass is 35.5. The summed E-state index contributed by atoms with van der Waals surface area (Å²) in [6.45, 7) is 3.15. The smallest absolute Gasteiger partial charge is 0.242 e. The summed E-state index contributed by atoms with van der Waals surface area (Å²) in [5, 5.41) is 1.96. The molecule has 0 aliphatic carbocycles. The van der Waals surface area contributed by atoms with Crippen molar-refractivity contribution in [1.82, 2.24) is 0 Å². The molecule has 0 spiro atoms. The Morgan fingerprint density at radius 1 is 1.41 bits per heavy atom. The summed E-state index contributed by atoms with van der Waals surface area (Å²) in [5.41, 5.74) is 1.35. The number of hydrogen-bond donors (Lipinski definition) is 1. The number of carbonyl (C=O) groups excluding carboxylic acids is 1. The van der Waals surface area contributed by atoms with Gasteiger partial charge in [-0.2, -0.15) is 0 Å². The third-order valence-electron chi connectivity index (χ3n) is 2.47. The Hall–Kier alpha value is -1.07. The van der Waals surface area contributed by atoms with E-state index in [-0.39, 0.29) is 0 Å². The Labute approximate surface area is 106 Å². The molecule has 0 bridgehead atoms. The Bertz CT molecular complexity index is 540. The van der Waals surface area contributed by atoms with Gasteiger partial charge < -0.3 is 5.32 Å². The molecule has 1 rings (SSSR count). The van der Waals surface area contributed by atoms with E-state index in [9.17, 15) is 13.2 Å². The summed E-state index contributed by atoms with van der Waals surface area (Å²) in [6, 6.07) is 5.04. The van der Waals surface area contributed by atoms with Crippen molar-refractivity contribution in [3.63, 3.8) is 0 Å². The van der Waals surface area contributed by atoms with E-state index >= 15 is 0 Å². The van der Waals surface area contributed by atoms with Gasteiger partial charge in [-0.3, -0.25) is 4.79 Å². The lowest BCUT2D eigenvalue weighted by Gasteiger charge is -2.12. The molecule has 0 saturated carbocycles. The number of nitrogens with one attached hydrogen (secondary N) is 1. The van der Waals surface area contributed by atoms with Crippen LogP contribution >= 0.6 is 11.6 Å². The van der Waals surface area contributed by atoms with Gasteiger partial charge in [-0.05, 0) is 31.5 Å². The van der Waals surface area contributed by atoms with Crippen LogP contribution in [0.2, 0.25) is 5.02 Å². The van der Waals surface area contributed by atoms with Gasteiger partial charge in [-0.25, -0.2) is 8.42 Å². The second-order valence-corrected chi connectivity index (χ2v) is 6.72. The molecule has 1 aromatic carbocycles. The average molecular weight is 276 g/mol. The van der Waals surface area contributed by atoms with E-state index in [1.54, 1.807) is 25.1 Å². The lowest BCUT2D eigenvalue weighted by Crippen LogP contribution is -2.32. The van der Waals surface area contributed by atoms with E-state index < -0.39 is 21.0 Å². The number of halogens is 1. The third kappa shape index (κ3) is 3.71. The van der Waals surface area contributed by atoms with Gasteiger partial charge in [0.25, 0.3) is 0 Å². The summed E-state index contributed by atoms with van der Waals surface area (Å²) < 4.78 is 22.5. The summed E-state index contributed by atoms with van der Waals surface area (Å²) in [6.07, 6.45) is 1.03. The minimum Gasteiger partial charge on any atom is -0.325 e. The van der Waals surface area contributed by atoms with Crippen LogP contribution in [0.4, 0.5) is 5.69 Å². The number of hydrogen-bond acceptors (Lipinski definition) is 3. The molecular weight excluding hydrogens is 262 g/mol. The van der Waals surface area contributed by atoms with Crippen molar-refractivity contribution in [2.24, 2.45) is 0 Å². The highest BCUT2D eigenvalue weighted by molar-refractivity contribution is 7.92. The SMILES string of the molecule is Cc1ccc(Cl)cc1NC(=O)C(C)S(C)(=O)=O. The molecule has 1 atom stereocenters. The van der Waals surface area contributed by atoms with Crippen LogP contribution < -0.4 is 5.32 Å². The third-order valence-corrected chi connectivity index (χ3v) is 4.20. The van der Waals surface area contributed by atoms with Gasteiger partial charge in [0.15, 0.2) is 9.84 Å². The molecule has 94 valence electrons. The van der Waals surface area contributed by atoms with Crippen LogP contribution in [0.3, 0.4) is 0 Å². The fraction of sp³-hybridized carbons (Fsp3) is 0.364. The van der Waals surface area contributed by atoms with Gasteiger partial charge in [-0.15, -0.1) is 0 Å². The molecule has 1 aromatic rings. The molecule has 17 heavy (non-hydrogen) atoms. The van der Waals surface area contributed by atoms with Crippen molar-refractivity contribution >= 4 is 33.0 Å². The van der Waals surface area contributed by atoms with Crippen molar-refractivity contribution in [3.8, 4) is 0 Å². The molecule has 6 heteroatoms. The van der Waals surface area contributed by atoms with Crippen molar-refractivity contribution in [2.75, 3.05) is 11.6 Å². The van der Waals surface area contributed by atoms with Gasteiger partial charge in [0.2, 0.25) is 5.91 Å². The highest BCUT2D eigenvalue weighted by Gasteiger charge is 2.23. The number of amides is 1. The molecule has 0 aliphatic heterocycles. The maximum atomic E-state index is 11.7. The molecule has 1 unspecified atom stereocenters. The largest absolute Gasteiger partial charge is 0.325 e. The number of anilines is 1. The first-order valence-electron chi connectivity index (χ1n) is 4.97. The van der Waals surface area contributed by atoms with E-state index in [4.69, 9.17) is 11.6 Å². The van der Waals surface area contributed by atoms with Gasteiger partial charge in [-0.1, -0.05) is 17.7 Å². The molecule has 0 saturated heterocycles. The normalized spacial score (nSPS) is 13.2. The predicted molar refractivity (Wildman–Crippen MR) is 69.1 cm³/mol. The van der Waals surface area contributed by atoms with Crippen molar-refractivity contribution in [1.29, 1.82) is 0 Å². The average Bonchev–Trinajstić information content (AvgIpc) is 2.21. The Morgan fingerprint density at radius 2 is 2.00 bits per heavy atom. The van der Waals surface area contributed by atoms with E-state index in [2.05, 4.69) is 5.32 Å². The zero-order chi connectivity index (χ0) is 13.2. The first-order chi connectivity index (χ1) is 7.71. The van der Waals surface area contributed by atoms with Crippen molar-refractivity contribution < 1.29 is 13.2 Å². The minimum atomic E-state index is -3.39. The molecule has 4 nitrogen and oxygen atoms in total. The van der Waals surface area contributed by atoms with Crippen LogP contribution in [0.1, 0.15) is 12.5 Å². The van der Waals surface area contributed by atoms with Crippen LogP contribution in [0.15, 0.2) is 18.2 Å². The van der Waals surface area contributed by atoms with Gasteiger partial charge in [0.05, 0.1) is 0 Å². The maximum Gasteiger partial charge on any atom is 0.242 e. The number of carbonyl (C=O) groups is 1. The zero-order valence-corrected chi connectivity index (χ0v) is 11.4. The topological polar surface area (TPSA) is 63.2 Å². The summed E-state index contributed by atoms with van der Waals surface area (Å²) in [5.74, 6) is -0.558. The summed E-state index contributed by atoms with van der Waals surface area (Å²) in [7, 11) is -3.39. The molecule has 0 fully saturated rings. The Balaban J connectivity index is 2.92. The Kier molecular flexibility index (Phi) is 4.16. The second-order valence-electron chi connectivity index (χ2n) is 3.92. The van der Waals surface area contributed by atoms with E-state index in [1.807, 2.05) is 0 Å². The first-order valence-corrected chi connectivity index (χ1v) is 7.31. The number of rotatable bonds is 3. The summed E-state index contributed by atoms with van der Waals surface area (Å²) >= 11 is 5.80. The van der Waals surface area contributed by atoms with Crippen LogP contribution in [0.5, 0.6) is 0 Å². The van der Waals surface area contributed by atoms with Crippen molar-refractivity contribution in [2.45, 2.75) is 19.1 Å². The molecular formula is C11H14ClNO3S. The predicted octanol–water partition coefficient (Wildman–Crippen LogP) is 2.02. The molecule has 0 aliphatic rings. The minimum absolute atomic E-state index is 0.484. The van der Waals surface area contributed by atoms with Gasteiger partial charge >= 0.3 is 0 Å². The lowest BCUT2D eigenvalue weighted by atomic mass is 10.2. The maximum absolute atomic E-state index is 11.7. The highest BCUT2D eigenvalue weighted by Crippen LogP contribution is 2.20. The fourth-order valence-electron chi connectivity index (χ4n) is 1.16. The zero-order valence-electron chi connectivity index (χ0n) is 9.82. The molecule has 0 heterocycles. The standard InChI is InChI=1S/C11H14ClNO3S/c1-7-4-5-9(12)6-10(7)13-11(14)8(2)17(3,15)16/h4-6,8H,1-3H3,(H,13,14). The second kappa shape index (κ2) is 5.06.